The number of amides is 1. The Morgan fingerprint density at radius 1 is 1.10 bits per heavy atom. The molecule has 0 aliphatic carbocycles. The lowest BCUT2D eigenvalue weighted by atomic mass is 10.1. The lowest BCUT2D eigenvalue weighted by Crippen LogP contribution is -2.21. The second-order valence-electron chi connectivity index (χ2n) is 4.87. The maximum atomic E-state index is 11.8. The molecule has 0 aliphatic rings. The Labute approximate surface area is 134 Å². The first-order valence-electron chi connectivity index (χ1n) is 6.47. The molecule has 0 saturated carbocycles. The molecule has 0 atom stereocenters. The van der Waals surface area contributed by atoms with Crippen molar-refractivity contribution in [2.24, 2.45) is 0 Å². The van der Waals surface area contributed by atoms with E-state index in [9.17, 15) is 4.79 Å². The van der Waals surface area contributed by atoms with Gasteiger partial charge in [-0.25, -0.2) is 0 Å². The van der Waals surface area contributed by atoms with Crippen molar-refractivity contribution in [2.45, 2.75) is 6.54 Å². The number of nitrogens with one attached hydrogen (secondary N) is 1. The molecule has 21 heavy (non-hydrogen) atoms. The van der Waals surface area contributed by atoms with Gasteiger partial charge < -0.3 is 10.2 Å². The van der Waals surface area contributed by atoms with Crippen LogP contribution in [0.15, 0.2) is 42.5 Å². The maximum Gasteiger partial charge on any atom is 0.253 e. The number of hydrogen-bond acceptors (Lipinski definition) is 2. The number of hydrogen-bond donors (Lipinski definition) is 1. The second kappa shape index (κ2) is 6.83. The van der Waals surface area contributed by atoms with Gasteiger partial charge in [-0.15, -0.1) is 0 Å². The smallest absolute Gasteiger partial charge is 0.253 e. The molecule has 0 heterocycles. The summed E-state index contributed by atoms with van der Waals surface area (Å²) < 4.78 is 0. The van der Waals surface area contributed by atoms with Crippen LogP contribution in [0.2, 0.25) is 10.0 Å². The molecule has 1 amide bonds. The Balaban J connectivity index is 2.02. The van der Waals surface area contributed by atoms with Gasteiger partial charge in [0.2, 0.25) is 0 Å². The predicted octanol–water partition coefficient (Wildman–Crippen LogP) is 4.31. The van der Waals surface area contributed by atoms with Gasteiger partial charge in [0.15, 0.2) is 0 Å². The molecule has 3 nitrogen and oxygen atoms in total. The minimum Gasteiger partial charge on any atom is -0.381 e. The van der Waals surface area contributed by atoms with E-state index in [1.165, 1.54) is 0 Å². The van der Waals surface area contributed by atoms with Gasteiger partial charge in [-0.3, -0.25) is 4.79 Å². The van der Waals surface area contributed by atoms with Crippen LogP contribution in [0, 0.1) is 0 Å². The van der Waals surface area contributed by atoms with Crippen molar-refractivity contribution in [2.75, 3.05) is 19.4 Å². The number of rotatable bonds is 4. The zero-order valence-corrected chi connectivity index (χ0v) is 13.4. The van der Waals surface area contributed by atoms with Crippen molar-refractivity contribution in [3.8, 4) is 0 Å². The van der Waals surface area contributed by atoms with E-state index < -0.39 is 0 Å². The Morgan fingerprint density at radius 2 is 1.76 bits per heavy atom. The molecular weight excluding hydrogens is 307 g/mol. The molecule has 0 aliphatic heterocycles. The predicted molar refractivity (Wildman–Crippen MR) is 88.2 cm³/mol. The molecule has 0 bridgehead atoms. The highest BCUT2D eigenvalue weighted by Gasteiger charge is 2.07. The van der Waals surface area contributed by atoms with E-state index in [0.29, 0.717) is 22.2 Å². The van der Waals surface area contributed by atoms with Gasteiger partial charge in [-0.05, 0) is 42.0 Å². The van der Waals surface area contributed by atoms with Crippen LogP contribution in [0.25, 0.3) is 0 Å². The van der Waals surface area contributed by atoms with Crippen molar-refractivity contribution in [1.82, 2.24) is 4.90 Å². The van der Waals surface area contributed by atoms with Crippen LogP contribution in [-0.2, 0) is 6.54 Å². The highest BCUT2D eigenvalue weighted by molar-refractivity contribution is 6.35. The van der Waals surface area contributed by atoms with Crippen LogP contribution in [-0.4, -0.2) is 24.9 Å². The average Bonchev–Trinajstić information content (AvgIpc) is 2.46. The summed E-state index contributed by atoms with van der Waals surface area (Å²) >= 11 is 12.0. The molecule has 0 fully saturated rings. The quantitative estimate of drug-likeness (QED) is 0.909. The Bertz CT molecular complexity index is 639. The maximum absolute atomic E-state index is 11.8. The summed E-state index contributed by atoms with van der Waals surface area (Å²) in [5.41, 5.74) is 2.56. The summed E-state index contributed by atoms with van der Waals surface area (Å²) in [6, 6.07) is 12.8. The fourth-order valence-corrected chi connectivity index (χ4v) is 2.33. The number of carbonyl (C=O) groups excluding carboxylic acids is 1. The number of benzene rings is 2. The van der Waals surface area contributed by atoms with Gasteiger partial charge >= 0.3 is 0 Å². The molecular formula is C16H16Cl2N2O. The van der Waals surface area contributed by atoms with Crippen molar-refractivity contribution >= 4 is 34.8 Å². The minimum absolute atomic E-state index is 0.0118. The monoisotopic (exact) mass is 322 g/mol. The summed E-state index contributed by atoms with van der Waals surface area (Å²) in [5.74, 6) is -0.0118. The third kappa shape index (κ3) is 4.13. The van der Waals surface area contributed by atoms with Gasteiger partial charge in [-0.2, -0.15) is 0 Å². The third-order valence-electron chi connectivity index (χ3n) is 3.04. The molecule has 0 spiro atoms. The van der Waals surface area contributed by atoms with Crippen LogP contribution in [0.3, 0.4) is 0 Å². The lowest BCUT2D eigenvalue weighted by Gasteiger charge is -2.12. The zero-order valence-electron chi connectivity index (χ0n) is 11.9. The van der Waals surface area contributed by atoms with Crippen LogP contribution in [0.1, 0.15) is 15.9 Å². The van der Waals surface area contributed by atoms with Gasteiger partial charge in [-0.1, -0.05) is 29.3 Å². The Morgan fingerprint density at radius 3 is 2.33 bits per heavy atom. The SMILES string of the molecule is CN(C)C(=O)c1ccc(NCc2ccc(Cl)cc2Cl)cc1. The normalized spacial score (nSPS) is 10.3. The fraction of sp³-hybridized carbons (Fsp3) is 0.188. The van der Waals surface area contributed by atoms with Crippen molar-refractivity contribution in [3.63, 3.8) is 0 Å². The van der Waals surface area contributed by atoms with Crippen LogP contribution in [0.4, 0.5) is 5.69 Å². The summed E-state index contributed by atoms with van der Waals surface area (Å²) in [6.45, 7) is 0.594. The molecule has 5 heteroatoms. The van der Waals surface area contributed by atoms with E-state index >= 15 is 0 Å². The first-order valence-corrected chi connectivity index (χ1v) is 7.22. The van der Waals surface area contributed by atoms with E-state index in [1.807, 2.05) is 24.3 Å². The summed E-state index contributed by atoms with van der Waals surface area (Å²) in [4.78, 5) is 13.3. The molecule has 2 aromatic carbocycles. The van der Waals surface area contributed by atoms with Gasteiger partial charge in [0.05, 0.1) is 0 Å². The molecule has 1 N–H and O–H groups in total. The van der Waals surface area contributed by atoms with E-state index in [2.05, 4.69) is 5.32 Å². The van der Waals surface area contributed by atoms with E-state index in [4.69, 9.17) is 23.2 Å². The molecule has 110 valence electrons. The second-order valence-corrected chi connectivity index (χ2v) is 5.71. The molecule has 0 saturated heterocycles. The van der Waals surface area contributed by atoms with Gasteiger partial charge in [0, 0.05) is 41.9 Å². The molecule has 0 radical (unpaired) electrons. The first-order chi connectivity index (χ1) is 9.97. The third-order valence-corrected chi connectivity index (χ3v) is 3.62. The Kier molecular flexibility index (Phi) is 5.10. The van der Waals surface area contributed by atoms with E-state index in [0.717, 1.165) is 11.3 Å². The highest BCUT2D eigenvalue weighted by Crippen LogP contribution is 2.22. The van der Waals surface area contributed by atoms with Crippen LogP contribution in [0.5, 0.6) is 0 Å². The number of carbonyl (C=O) groups is 1. The Hall–Kier alpha value is -1.71. The minimum atomic E-state index is -0.0118. The zero-order chi connectivity index (χ0) is 15.4. The summed E-state index contributed by atoms with van der Waals surface area (Å²) in [5, 5.41) is 4.52. The summed E-state index contributed by atoms with van der Waals surface area (Å²) in [7, 11) is 3.47. The molecule has 0 aromatic heterocycles. The van der Waals surface area contributed by atoms with Gasteiger partial charge in [0.25, 0.3) is 5.91 Å². The van der Waals surface area contributed by atoms with Crippen LogP contribution >= 0.6 is 23.2 Å². The fourth-order valence-electron chi connectivity index (χ4n) is 1.85. The first kappa shape index (κ1) is 15.7. The van der Waals surface area contributed by atoms with Crippen molar-refractivity contribution in [1.29, 1.82) is 0 Å². The van der Waals surface area contributed by atoms with Crippen molar-refractivity contribution in [3.05, 3.63) is 63.6 Å². The number of anilines is 1. The molecule has 2 aromatic rings. The van der Waals surface area contributed by atoms with Crippen molar-refractivity contribution < 1.29 is 4.79 Å². The van der Waals surface area contributed by atoms with Crippen LogP contribution < -0.4 is 5.32 Å². The lowest BCUT2D eigenvalue weighted by molar-refractivity contribution is 0.0827. The topological polar surface area (TPSA) is 32.3 Å². The standard InChI is InChI=1S/C16H16Cl2N2O/c1-20(2)16(21)11-4-7-14(8-5-11)19-10-12-3-6-13(17)9-15(12)18/h3-9,19H,10H2,1-2H3. The number of halogens is 2. The largest absolute Gasteiger partial charge is 0.381 e. The number of nitrogens with zero attached hydrogens (tertiary/aromatic N) is 1. The molecule has 0 unspecified atom stereocenters. The van der Waals surface area contributed by atoms with E-state index in [-0.39, 0.29) is 5.91 Å². The summed E-state index contributed by atoms with van der Waals surface area (Å²) in [6.07, 6.45) is 0. The molecule has 2 rings (SSSR count). The van der Waals surface area contributed by atoms with E-state index in [1.54, 1.807) is 37.2 Å². The average molecular weight is 323 g/mol. The van der Waals surface area contributed by atoms with Gasteiger partial charge in [0.1, 0.15) is 0 Å². The highest BCUT2D eigenvalue weighted by atomic mass is 35.5.